The van der Waals surface area contributed by atoms with Gasteiger partial charge < -0.3 is 20.5 Å². The molecule has 1 saturated heterocycles. The quantitative estimate of drug-likeness (QED) is 0.359. The van der Waals surface area contributed by atoms with Crippen LogP contribution in [0.4, 0.5) is 5.69 Å². The number of aromatic amines is 1. The molecule has 1 aliphatic rings. The zero-order valence-electron chi connectivity index (χ0n) is 20.9. The van der Waals surface area contributed by atoms with Crippen LogP contribution in [-0.2, 0) is 4.79 Å². The first-order valence-corrected chi connectivity index (χ1v) is 12.4. The number of halogens is 1. The lowest BCUT2D eigenvalue weighted by Gasteiger charge is -2.34. The van der Waals surface area contributed by atoms with Gasteiger partial charge in [-0.3, -0.25) is 4.79 Å². The Kier molecular flexibility index (Phi) is 6.33. The highest BCUT2D eigenvalue weighted by atomic mass is 35.5. The number of fused-ring (bicyclic) bond motifs is 1. The predicted molar refractivity (Wildman–Crippen MR) is 149 cm³/mol. The van der Waals surface area contributed by atoms with Crippen molar-refractivity contribution in [1.82, 2.24) is 14.9 Å². The van der Waals surface area contributed by atoms with Crippen LogP contribution in [0.5, 0.6) is 0 Å². The smallest absolute Gasteiger partial charge is 0.248 e. The average molecular weight is 500 g/mol. The van der Waals surface area contributed by atoms with Crippen LogP contribution >= 0.6 is 11.6 Å². The van der Waals surface area contributed by atoms with Gasteiger partial charge in [0.05, 0.1) is 10.7 Å². The first-order chi connectivity index (χ1) is 17.2. The number of rotatable bonds is 5. The van der Waals surface area contributed by atoms with Gasteiger partial charge in [-0.25, -0.2) is 4.98 Å². The number of nitrogens with zero attached hydrogens (tertiary/aromatic N) is 3. The van der Waals surface area contributed by atoms with Gasteiger partial charge in [0.25, 0.3) is 0 Å². The Bertz CT molecular complexity index is 1480. The second-order valence-electron chi connectivity index (χ2n) is 9.54. The number of amides is 1. The summed E-state index contributed by atoms with van der Waals surface area (Å²) in [6.07, 6.45) is 1.68. The Balaban J connectivity index is 1.66. The van der Waals surface area contributed by atoms with E-state index in [-0.39, 0.29) is 0 Å². The largest absolute Gasteiger partial charge is 0.369 e. The van der Waals surface area contributed by atoms with Gasteiger partial charge in [0, 0.05) is 54.6 Å². The number of carbonyl (C=O) groups excluding carboxylic acids is 1. The van der Waals surface area contributed by atoms with Crippen LogP contribution in [0.15, 0.2) is 55.2 Å². The number of pyridine rings is 1. The maximum absolute atomic E-state index is 11.9. The van der Waals surface area contributed by atoms with Crippen molar-refractivity contribution in [2.45, 2.75) is 13.8 Å². The molecule has 0 aliphatic carbocycles. The van der Waals surface area contributed by atoms with Crippen LogP contribution in [0.2, 0.25) is 5.02 Å². The molecule has 1 aliphatic heterocycles. The highest BCUT2D eigenvalue weighted by Crippen LogP contribution is 2.42. The highest BCUT2D eigenvalue weighted by Gasteiger charge is 2.21. The number of hydrogen-bond acceptors (Lipinski definition) is 4. The molecular formula is C29H30ClN5O. The van der Waals surface area contributed by atoms with Gasteiger partial charge in [-0.15, -0.1) is 0 Å². The van der Waals surface area contributed by atoms with Crippen molar-refractivity contribution in [2.24, 2.45) is 5.73 Å². The van der Waals surface area contributed by atoms with E-state index in [1.54, 1.807) is 6.20 Å². The van der Waals surface area contributed by atoms with E-state index in [4.69, 9.17) is 17.3 Å². The SMILES string of the molecule is C=C(C(N)=O)c1cc(-c2c(-c3ccc(N4CCN(C)CC4)cc3)[nH]c3ncc(Cl)c(C)c23)ccc1C. The number of aromatic nitrogens is 2. The molecule has 7 heteroatoms. The lowest BCUT2D eigenvalue weighted by atomic mass is 9.92. The number of benzene rings is 2. The van der Waals surface area contributed by atoms with Crippen LogP contribution in [0, 0.1) is 13.8 Å². The number of likely N-dealkylation sites (N-methyl/N-ethyl adjacent to an activating group) is 1. The van der Waals surface area contributed by atoms with Crippen molar-refractivity contribution in [3.05, 3.63) is 77.0 Å². The van der Waals surface area contributed by atoms with Crippen molar-refractivity contribution < 1.29 is 4.79 Å². The minimum atomic E-state index is -0.533. The number of nitrogens with one attached hydrogen (secondary N) is 1. The Morgan fingerprint density at radius 2 is 1.72 bits per heavy atom. The predicted octanol–water partition coefficient (Wildman–Crippen LogP) is 5.42. The second-order valence-corrected chi connectivity index (χ2v) is 9.95. The van der Waals surface area contributed by atoms with Gasteiger partial charge in [-0.2, -0.15) is 0 Å². The molecule has 2 aromatic heterocycles. The minimum absolute atomic E-state index is 0.292. The molecule has 1 fully saturated rings. The fourth-order valence-corrected chi connectivity index (χ4v) is 5.07. The molecule has 184 valence electrons. The molecule has 36 heavy (non-hydrogen) atoms. The Morgan fingerprint density at radius 3 is 2.39 bits per heavy atom. The molecule has 0 bridgehead atoms. The summed E-state index contributed by atoms with van der Waals surface area (Å²) < 4.78 is 0. The summed E-state index contributed by atoms with van der Waals surface area (Å²) >= 11 is 6.51. The van der Waals surface area contributed by atoms with E-state index >= 15 is 0 Å². The molecule has 0 unspecified atom stereocenters. The monoisotopic (exact) mass is 499 g/mol. The third-order valence-corrected chi connectivity index (χ3v) is 7.57. The fraction of sp³-hybridized carbons (Fsp3) is 0.241. The van der Waals surface area contributed by atoms with E-state index in [0.717, 1.165) is 76.3 Å². The Hall–Kier alpha value is -3.61. The number of piperazine rings is 1. The van der Waals surface area contributed by atoms with Crippen molar-refractivity contribution >= 4 is 39.8 Å². The van der Waals surface area contributed by atoms with Gasteiger partial charge in [0.1, 0.15) is 5.65 Å². The maximum Gasteiger partial charge on any atom is 0.248 e. The molecular weight excluding hydrogens is 470 g/mol. The van der Waals surface area contributed by atoms with Crippen LogP contribution in [-0.4, -0.2) is 54.0 Å². The van der Waals surface area contributed by atoms with E-state index in [9.17, 15) is 4.79 Å². The Labute approximate surface area is 216 Å². The van der Waals surface area contributed by atoms with Crippen molar-refractivity contribution in [3.63, 3.8) is 0 Å². The normalized spacial score (nSPS) is 14.4. The minimum Gasteiger partial charge on any atom is -0.369 e. The molecule has 1 amide bonds. The molecule has 3 N–H and O–H groups in total. The zero-order chi connectivity index (χ0) is 25.6. The third-order valence-electron chi connectivity index (χ3n) is 7.19. The van der Waals surface area contributed by atoms with Crippen molar-refractivity contribution in [3.8, 4) is 22.4 Å². The maximum atomic E-state index is 11.9. The number of H-pyrrole nitrogens is 1. The number of nitrogens with two attached hydrogens (primary N) is 1. The average Bonchev–Trinajstić information content (AvgIpc) is 3.27. The second kappa shape index (κ2) is 9.45. The van der Waals surface area contributed by atoms with Crippen LogP contribution in [0.1, 0.15) is 16.7 Å². The fourth-order valence-electron chi connectivity index (χ4n) is 4.93. The molecule has 2 aromatic carbocycles. The number of anilines is 1. The summed E-state index contributed by atoms with van der Waals surface area (Å²) in [6, 6.07) is 14.7. The number of primary amides is 1. The summed E-state index contributed by atoms with van der Waals surface area (Å²) in [6.45, 7) is 12.0. The van der Waals surface area contributed by atoms with Crippen LogP contribution in [0.3, 0.4) is 0 Å². The molecule has 0 radical (unpaired) electrons. The van der Waals surface area contributed by atoms with Crippen molar-refractivity contribution in [1.29, 1.82) is 0 Å². The van der Waals surface area contributed by atoms with E-state index in [1.165, 1.54) is 5.69 Å². The van der Waals surface area contributed by atoms with Gasteiger partial charge in [0.2, 0.25) is 5.91 Å². The van der Waals surface area contributed by atoms with Gasteiger partial charge in [-0.05, 0) is 66.9 Å². The van der Waals surface area contributed by atoms with Crippen LogP contribution in [0.25, 0.3) is 39.0 Å². The first kappa shape index (κ1) is 24.1. The number of aryl methyl sites for hydroxylation is 2. The topological polar surface area (TPSA) is 78.3 Å². The standard InChI is InChI=1S/C29H30ClN5O/c1-17-5-6-21(15-23(17)18(2)28(31)36)26-25-19(3)24(30)16-32-29(25)33-27(26)20-7-9-22(10-8-20)35-13-11-34(4)12-14-35/h5-10,15-16H,2,11-14H2,1,3-4H3,(H2,31,36)(H,32,33). The molecule has 6 nitrogen and oxygen atoms in total. The molecule has 3 heterocycles. The van der Waals surface area contributed by atoms with Crippen molar-refractivity contribution in [2.75, 3.05) is 38.1 Å². The molecule has 0 spiro atoms. The molecule has 0 saturated carbocycles. The number of hydrogen-bond donors (Lipinski definition) is 2. The molecule has 0 atom stereocenters. The summed E-state index contributed by atoms with van der Waals surface area (Å²) in [5.74, 6) is -0.533. The zero-order valence-corrected chi connectivity index (χ0v) is 21.6. The van der Waals surface area contributed by atoms with E-state index < -0.39 is 5.91 Å². The van der Waals surface area contributed by atoms with Gasteiger partial charge in [-0.1, -0.05) is 42.4 Å². The molecule has 5 rings (SSSR count). The summed E-state index contributed by atoms with van der Waals surface area (Å²) in [5, 5.41) is 1.56. The third kappa shape index (κ3) is 4.27. The van der Waals surface area contributed by atoms with E-state index in [2.05, 4.69) is 63.7 Å². The van der Waals surface area contributed by atoms with E-state index in [0.29, 0.717) is 10.6 Å². The highest BCUT2D eigenvalue weighted by molar-refractivity contribution is 6.32. The van der Waals surface area contributed by atoms with E-state index in [1.807, 2.05) is 26.0 Å². The lowest BCUT2D eigenvalue weighted by Crippen LogP contribution is -2.44. The van der Waals surface area contributed by atoms with Crippen LogP contribution < -0.4 is 10.6 Å². The number of carbonyl (C=O) groups is 1. The summed E-state index contributed by atoms with van der Waals surface area (Å²) in [5.41, 5.74) is 14.4. The first-order valence-electron chi connectivity index (χ1n) is 12.1. The Morgan fingerprint density at radius 1 is 1.06 bits per heavy atom. The summed E-state index contributed by atoms with van der Waals surface area (Å²) in [7, 11) is 2.16. The van der Waals surface area contributed by atoms with Gasteiger partial charge >= 0.3 is 0 Å². The lowest BCUT2D eigenvalue weighted by molar-refractivity contribution is -0.112. The summed E-state index contributed by atoms with van der Waals surface area (Å²) in [4.78, 5) is 24.8. The van der Waals surface area contributed by atoms with Gasteiger partial charge in [0.15, 0.2) is 0 Å². The molecule has 4 aromatic rings.